The van der Waals surface area contributed by atoms with Crippen molar-refractivity contribution in [1.82, 2.24) is 10.2 Å². The quantitative estimate of drug-likeness (QED) is 0.395. The second-order valence-corrected chi connectivity index (χ2v) is 7.03. The molecule has 2 atom stereocenters. The number of amides is 2. The Labute approximate surface area is 174 Å². The molecule has 10 heteroatoms. The highest BCUT2D eigenvalue weighted by atomic mass is 16.7. The fourth-order valence-corrected chi connectivity index (χ4v) is 3.44. The van der Waals surface area contributed by atoms with Crippen molar-refractivity contribution in [3.05, 3.63) is 35.4 Å². The first-order valence-electron chi connectivity index (χ1n) is 9.80. The minimum Gasteiger partial charge on any atom is -0.479 e. The lowest BCUT2D eigenvalue weighted by atomic mass is 9.90. The summed E-state index contributed by atoms with van der Waals surface area (Å²) in [5, 5.41) is 15.5. The maximum Gasteiger partial charge on any atom is 0.333 e. The normalized spacial score (nSPS) is 16.8. The van der Waals surface area contributed by atoms with E-state index < -0.39 is 18.1 Å². The molecule has 2 rings (SSSR count). The van der Waals surface area contributed by atoms with Crippen molar-refractivity contribution in [3.8, 4) is 0 Å². The summed E-state index contributed by atoms with van der Waals surface area (Å²) in [6.07, 6.45) is 1.63. The van der Waals surface area contributed by atoms with Crippen molar-refractivity contribution in [1.29, 1.82) is 0 Å². The number of nitrogens with one attached hydrogen (secondary N) is 1. The third kappa shape index (κ3) is 6.26. The molecule has 1 heterocycles. The Morgan fingerprint density at radius 3 is 2.47 bits per heavy atom. The number of carbonyl (C=O) groups excluding carboxylic acids is 2. The summed E-state index contributed by atoms with van der Waals surface area (Å²) in [6.45, 7) is 4.57. The molecule has 0 radical (unpaired) electrons. The average molecular weight is 420 g/mol. The molecule has 1 aliphatic heterocycles. The van der Waals surface area contributed by atoms with Gasteiger partial charge in [0.1, 0.15) is 6.04 Å². The third-order valence-electron chi connectivity index (χ3n) is 5.02. The van der Waals surface area contributed by atoms with E-state index in [2.05, 4.69) is 15.4 Å². The number of piperidine rings is 1. The third-order valence-corrected chi connectivity index (χ3v) is 5.02. The largest absolute Gasteiger partial charge is 0.479 e. The number of hydrogen-bond acceptors (Lipinski definition) is 7. The highest BCUT2D eigenvalue weighted by Crippen LogP contribution is 2.23. The Hall–Kier alpha value is -2.98. The van der Waals surface area contributed by atoms with Crippen molar-refractivity contribution < 1.29 is 29.2 Å². The average Bonchev–Trinajstić information content (AvgIpc) is 2.75. The summed E-state index contributed by atoms with van der Waals surface area (Å²) in [4.78, 5) is 42.2. The summed E-state index contributed by atoms with van der Waals surface area (Å²) in [6, 6.07) is 5.85. The Balaban J connectivity index is 1.88. The van der Waals surface area contributed by atoms with E-state index in [1.165, 1.54) is 6.21 Å². The van der Waals surface area contributed by atoms with Crippen LogP contribution in [0, 0.1) is 5.92 Å². The molecule has 0 saturated carbocycles. The molecule has 1 aromatic carbocycles. The number of oxime groups is 1. The van der Waals surface area contributed by atoms with Crippen LogP contribution in [0.4, 0.5) is 0 Å². The maximum atomic E-state index is 12.7. The van der Waals surface area contributed by atoms with Crippen LogP contribution in [-0.4, -0.2) is 65.8 Å². The van der Waals surface area contributed by atoms with Crippen molar-refractivity contribution in [2.45, 2.75) is 38.8 Å². The molecule has 30 heavy (non-hydrogen) atoms. The van der Waals surface area contributed by atoms with Crippen molar-refractivity contribution in [2.24, 2.45) is 17.0 Å². The number of carboxylic acids is 1. The van der Waals surface area contributed by atoms with E-state index in [-0.39, 0.29) is 17.7 Å². The van der Waals surface area contributed by atoms with E-state index in [4.69, 9.17) is 10.6 Å². The number of nitrogens with two attached hydrogens (primary N) is 1. The Morgan fingerprint density at radius 1 is 1.30 bits per heavy atom. The summed E-state index contributed by atoms with van der Waals surface area (Å²) < 4.78 is 5.34. The molecule has 0 aromatic heterocycles. The van der Waals surface area contributed by atoms with Crippen LogP contribution < -0.4 is 11.2 Å². The lowest BCUT2D eigenvalue weighted by Gasteiger charge is -2.35. The van der Waals surface area contributed by atoms with Gasteiger partial charge in [-0.1, -0.05) is 17.3 Å². The molecule has 0 spiro atoms. The minimum absolute atomic E-state index is 0.136. The van der Waals surface area contributed by atoms with Crippen LogP contribution in [0.3, 0.4) is 0 Å². The van der Waals surface area contributed by atoms with Gasteiger partial charge in [-0.2, -0.15) is 0 Å². The highest BCUT2D eigenvalue weighted by molar-refractivity contribution is 5.98. The van der Waals surface area contributed by atoms with Crippen LogP contribution in [-0.2, 0) is 19.3 Å². The van der Waals surface area contributed by atoms with E-state index in [1.54, 1.807) is 43.0 Å². The Morgan fingerprint density at radius 2 is 1.93 bits per heavy atom. The zero-order valence-electron chi connectivity index (χ0n) is 17.1. The molecular weight excluding hydrogens is 392 g/mol. The highest BCUT2D eigenvalue weighted by Gasteiger charge is 2.34. The molecule has 4 N–H and O–H groups in total. The molecule has 0 bridgehead atoms. The molecule has 164 valence electrons. The second kappa shape index (κ2) is 11.3. The zero-order chi connectivity index (χ0) is 22.1. The predicted molar refractivity (Wildman–Crippen MR) is 109 cm³/mol. The van der Waals surface area contributed by atoms with E-state index in [1.807, 2.05) is 0 Å². The number of nitrogens with zero attached hydrogens (tertiary/aromatic N) is 2. The summed E-state index contributed by atoms with van der Waals surface area (Å²) in [5.74, 6) is 3.14. The first-order chi connectivity index (χ1) is 14.4. The van der Waals surface area contributed by atoms with Crippen LogP contribution >= 0.6 is 0 Å². The van der Waals surface area contributed by atoms with Gasteiger partial charge in [0.15, 0.2) is 6.10 Å². The SMILES string of the molecule is CCO[C@H](C(=O)O)C1CCN(C(=O)C(C)NC(=O)c2ccc(C=NON)cc2)CC1. The van der Waals surface area contributed by atoms with Crippen LogP contribution in [0.1, 0.15) is 42.6 Å². The Kier molecular flexibility index (Phi) is 8.75. The van der Waals surface area contributed by atoms with Crippen molar-refractivity contribution >= 4 is 24.0 Å². The smallest absolute Gasteiger partial charge is 0.333 e. The van der Waals surface area contributed by atoms with Gasteiger partial charge in [0, 0.05) is 25.3 Å². The summed E-state index contributed by atoms with van der Waals surface area (Å²) in [5.41, 5.74) is 1.11. The number of benzene rings is 1. The van der Waals surface area contributed by atoms with Crippen LogP contribution in [0.25, 0.3) is 0 Å². The van der Waals surface area contributed by atoms with Gasteiger partial charge in [0.05, 0.1) is 6.21 Å². The molecule has 1 saturated heterocycles. The lowest BCUT2D eigenvalue weighted by Crippen LogP contribution is -2.50. The standard InChI is InChI=1S/C20H28N4O6/c1-3-29-17(20(27)28)15-8-10-24(11-9-15)19(26)13(2)23-18(25)16-6-4-14(5-7-16)12-22-30-21/h4-7,12-13,15,17H,3,8-11,21H2,1-2H3,(H,23,25)(H,27,28)/t13?,17-/m0/s1. The van der Waals surface area contributed by atoms with Crippen molar-refractivity contribution in [3.63, 3.8) is 0 Å². The monoisotopic (exact) mass is 420 g/mol. The fourth-order valence-electron chi connectivity index (χ4n) is 3.44. The lowest BCUT2D eigenvalue weighted by molar-refractivity contribution is -0.155. The molecule has 10 nitrogen and oxygen atoms in total. The number of carboxylic acid groups (broad SMARTS) is 1. The van der Waals surface area contributed by atoms with Crippen molar-refractivity contribution in [2.75, 3.05) is 19.7 Å². The number of carbonyl (C=O) groups is 3. The molecule has 1 aliphatic rings. The van der Waals surface area contributed by atoms with Crippen LogP contribution in [0.5, 0.6) is 0 Å². The van der Waals surface area contributed by atoms with Gasteiger partial charge in [0.25, 0.3) is 5.91 Å². The molecule has 1 aromatic rings. The van der Waals surface area contributed by atoms with Gasteiger partial charge in [-0.15, -0.1) is 5.90 Å². The molecule has 1 unspecified atom stereocenters. The number of ether oxygens (including phenoxy) is 1. The first kappa shape index (κ1) is 23.3. The summed E-state index contributed by atoms with van der Waals surface area (Å²) >= 11 is 0. The zero-order valence-corrected chi connectivity index (χ0v) is 17.1. The first-order valence-corrected chi connectivity index (χ1v) is 9.80. The van der Waals surface area contributed by atoms with E-state index in [9.17, 15) is 19.5 Å². The van der Waals surface area contributed by atoms with Gasteiger partial charge >= 0.3 is 5.97 Å². The molecule has 1 fully saturated rings. The maximum absolute atomic E-state index is 12.7. The van der Waals surface area contributed by atoms with Gasteiger partial charge in [-0.25, -0.2) is 4.79 Å². The van der Waals surface area contributed by atoms with Gasteiger partial charge < -0.3 is 25.0 Å². The van der Waals surface area contributed by atoms with Gasteiger partial charge in [-0.05, 0) is 50.3 Å². The minimum atomic E-state index is -0.977. The van der Waals surface area contributed by atoms with E-state index in [0.29, 0.717) is 43.7 Å². The topological polar surface area (TPSA) is 144 Å². The number of hydrogen-bond donors (Lipinski definition) is 3. The Bertz CT molecular complexity index is 759. The predicted octanol–water partition coefficient (Wildman–Crippen LogP) is 0.757. The number of likely N-dealkylation sites (tertiary alicyclic amines) is 1. The number of rotatable bonds is 9. The van der Waals surface area contributed by atoms with Gasteiger partial charge in [-0.3, -0.25) is 9.59 Å². The van der Waals surface area contributed by atoms with E-state index >= 15 is 0 Å². The van der Waals surface area contributed by atoms with Crippen LogP contribution in [0.2, 0.25) is 0 Å². The van der Waals surface area contributed by atoms with Gasteiger partial charge in [0.2, 0.25) is 5.91 Å². The molecule has 2 amide bonds. The summed E-state index contributed by atoms with van der Waals surface area (Å²) in [7, 11) is 0. The second-order valence-electron chi connectivity index (χ2n) is 7.03. The van der Waals surface area contributed by atoms with E-state index in [0.717, 1.165) is 0 Å². The number of aliphatic carboxylic acids is 1. The molecular formula is C20H28N4O6. The molecule has 0 aliphatic carbocycles. The fraction of sp³-hybridized carbons (Fsp3) is 0.500. The van der Waals surface area contributed by atoms with Crippen LogP contribution in [0.15, 0.2) is 29.4 Å².